The summed E-state index contributed by atoms with van der Waals surface area (Å²) in [6, 6.07) is 5.92. The quantitative estimate of drug-likeness (QED) is 0.835. The lowest BCUT2D eigenvalue weighted by atomic mass is 9.97. The van der Waals surface area contributed by atoms with E-state index in [1.165, 1.54) is 0 Å². The highest BCUT2D eigenvalue weighted by Crippen LogP contribution is 2.17. The number of nitrogens with zero attached hydrogens (tertiary/aromatic N) is 4. The first-order valence-corrected chi connectivity index (χ1v) is 8.59. The van der Waals surface area contributed by atoms with Gasteiger partial charge in [-0.3, -0.25) is 14.5 Å². The topological polar surface area (TPSA) is 82.8 Å². The Labute approximate surface area is 142 Å². The number of hydrogen-bond donors (Lipinski definition) is 1. The molecule has 2 amide bonds. The summed E-state index contributed by atoms with van der Waals surface area (Å²) in [6.45, 7) is 5.05. The number of aromatic nitrogens is 1. The molecule has 2 N–H and O–H groups in total. The molecule has 7 heteroatoms. The maximum atomic E-state index is 12.5. The molecule has 3 rings (SSSR count). The van der Waals surface area contributed by atoms with Crippen LogP contribution in [-0.2, 0) is 9.59 Å². The first-order chi connectivity index (χ1) is 11.6. The number of carbonyl (C=O) groups excluding carboxylic acids is 2. The number of piperidine rings is 1. The van der Waals surface area contributed by atoms with Gasteiger partial charge in [0.05, 0.1) is 12.5 Å². The molecule has 130 valence electrons. The maximum Gasteiger partial charge on any atom is 0.236 e. The molecule has 0 unspecified atom stereocenters. The number of pyridine rings is 1. The Morgan fingerprint density at radius 1 is 1.17 bits per heavy atom. The predicted molar refractivity (Wildman–Crippen MR) is 91.4 cm³/mol. The second kappa shape index (κ2) is 7.61. The van der Waals surface area contributed by atoms with E-state index >= 15 is 0 Å². The number of carbonyl (C=O) groups is 2. The molecule has 2 aliphatic rings. The van der Waals surface area contributed by atoms with Crippen LogP contribution in [0.2, 0.25) is 0 Å². The summed E-state index contributed by atoms with van der Waals surface area (Å²) in [6.07, 6.45) is 3.45. The molecule has 2 aliphatic heterocycles. The fourth-order valence-corrected chi connectivity index (χ4v) is 3.40. The van der Waals surface area contributed by atoms with Crippen molar-refractivity contribution in [3.8, 4) is 0 Å². The van der Waals surface area contributed by atoms with E-state index in [1.807, 2.05) is 18.2 Å². The van der Waals surface area contributed by atoms with Crippen LogP contribution in [-0.4, -0.2) is 72.4 Å². The second-order valence-electron chi connectivity index (χ2n) is 6.53. The number of primary amides is 1. The molecule has 3 heterocycles. The summed E-state index contributed by atoms with van der Waals surface area (Å²) in [4.78, 5) is 34.4. The van der Waals surface area contributed by atoms with Crippen LogP contribution < -0.4 is 10.6 Å². The van der Waals surface area contributed by atoms with Crippen molar-refractivity contribution in [2.45, 2.75) is 12.8 Å². The number of likely N-dealkylation sites (tertiary alicyclic amines) is 1. The Balaban J connectivity index is 1.47. The summed E-state index contributed by atoms with van der Waals surface area (Å²) in [7, 11) is 0. The third kappa shape index (κ3) is 4.03. The average Bonchev–Trinajstić information content (AvgIpc) is 2.63. The smallest absolute Gasteiger partial charge is 0.236 e. The normalized spacial score (nSPS) is 22.4. The van der Waals surface area contributed by atoms with Crippen LogP contribution in [0.1, 0.15) is 12.8 Å². The molecule has 1 atom stereocenters. The number of anilines is 1. The molecule has 0 saturated carbocycles. The van der Waals surface area contributed by atoms with Gasteiger partial charge in [-0.25, -0.2) is 4.98 Å². The van der Waals surface area contributed by atoms with Crippen molar-refractivity contribution in [1.82, 2.24) is 14.8 Å². The highest BCUT2D eigenvalue weighted by Gasteiger charge is 2.28. The summed E-state index contributed by atoms with van der Waals surface area (Å²) in [5.41, 5.74) is 5.39. The van der Waals surface area contributed by atoms with Crippen LogP contribution >= 0.6 is 0 Å². The fourth-order valence-electron chi connectivity index (χ4n) is 3.40. The van der Waals surface area contributed by atoms with E-state index in [4.69, 9.17) is 5.73 Å². The molecule has 1 aromatic rings. The number of amides is 2. The van der Waals surface area contributed by atoms with Gasteiger partial charge in [-0.2, -0.15) is 0 Å². The van der Waals surface area contributed by atoms with E-state index in [0.29, 0.717) is 13.1 Å². The van der Waals surface area contributed by atoms with Crippen molar-refractivity contribution in [2.75, 3.05) is 50.7 Å². The van der Waals surface area contributed by atoms with E-state index in [-0.39, 0.29) is 17.7 Å². The molecule has 0 radical (unpaired) electrons. The molecule has 2 fully saturated rings. The van der Waals surface area contributed by atoms with E-state index < -0.39 is 0 Å². The van der Waals surface area contributed by atoms with Gasteiger partial charge in [0.25, 0.3) is 0 Å². The Morgan fingerprint density at radius 3 is 2.62 bits per heavy atom. The first-order valence-electron chi connectivity index (χ1n) is 8.59. The molecule has 2 saturated heterocycles. The van der Waals surface area contributed by atoms with E-state index in [1.54, 1.807) is 11.1 Å². The first kappa shape index (κ1) is 16.7. The van der Waals surface area contributed by atoms with E-state index in [0.717, 1.165) is 51.4 Å². The zero-order valence-corrected chi connectivity index (χ0v) is 13.9. The summed E-state index contributed by atoms with van der Waals surface area (Å²) in [5, 5.41) is 0. The molecule has 24 heavy (non-hydrogen) atoms. The van der Waals surface area contributed by atoms with Gasteiger partial charge in [0.2, 0.25) is 11.8 Å². The van der Waals surface area contributed by atoms with Gasteiger partial charge in [-0.05, 0) is 25.0 Å². The van der Waals surface area contributed by atoms with Crippen LogP contribution in [0.15, 0.2) is 24.4 Å². The van der Waals surface area contributed by atoms with Gasteiger partial charge >= 0.3 is 0 Å². The van der Waals surface area contributed by atoms with Crippen molar-refractivity contribution < 1.29 is 9.59 Å². The Hall–Kier alpha value is -2.15. The van der Waals surface area contributed by atoms with Crippen molar-refractivity contribution in [1.29, 1.82) is 0 Å². The van der Waals surface area contributed by atoms with Gasteiger partial charge in [-0.1, -0.05) is 6.07 Å². The van der Waals surface area contributed by atoms with Gasteiger partial charge in [0.1, 0.15) is 5.82 Å². The molecule has 7 nitrogen and oxygen atoms in total. The predicted octanol–water partition coefficient (Wildman–Crippen LogP) is -0.0725. The molecular weight excluding hydrogens is 306 g/mol. The zero-order valence-electron chi connectivity index (χ0n) is 13.9. The lowest BCUT2D eigenvalue weighted by Gasteiger charge is -2.37. The van der Waals surface area contributed by atoms with Gasteiger partial charge in [-0.15, -0.1) is 0 Å². The van der Waals surface area contributed by atoms with Crippen LogP contribution in [0.3, 0.4) is 0 Å². The number of rotatable bonds is 4. The lowest BCUT2D eigenvalue weighted by Crippen LogP contribution is -2.52. The molecule has 0 spiro atoms. The van der Waals surface area contributed by atoms with Gasteiger partial charge in [0, 0.05) is 45.5 Å². The van der Waals surface area contributed by atoms with Gasteiger partial charge in [0.15, 0.2) is 0 Å². The Morgan fingerprint density at radius 2 is 1.96 bits per heavy atom. The van der Waals surface area contributed by atoms with E-state index in [9.17, 15) is 9.59 Å². The molecule has 1 aromatic heterocycles. The molecule has 0 aliphatic carbocycles. The average molecular weight is 331 g/mol. The molecular formula is C17H25N5O2. The standard InChI is InChI=1S/C17H25N5O2/c18-17(24)14-4-3-7-22(12-14)16(23)13-20-8-10-21(11-9-20)15-5-1-2-6-19-15/h1-2,5-6,14H,3-4,7-13H2,(H2,18,24)/t14-/m1/s1. The van der Waals surface area contributed by atoms with Crippen LogP contribution in [0, 0.1) is 5.92 Å². The maximum absolute atomic E-state index is 12.5. The third-order valence-electron chi connectivity index (χ3n) is 4.88. The SMILES string of the molecule is NC(=O)[C@@H]1CCCN(C(=O)CN2CCN(c3ccccn3)CC2)C1. The van der Waals surface area contributed by atoms with Crippen molar-refractivity contribution in [2.24, 2.45) is 11.7 Å². The monoisotopic (exact) mass is 331 g/mol. The fraction of sp³-hybridized carbons (Fsp3) is 0.588. The minimum absolute atomic E-state index is 0.104. The van der Waals surface area contributed by atoms with Gasteiger partial charge < -0.3 is 15.5 Å². The second-order valence-corrected chi connectivity index (χ2v) is 6.53. The largest absolute Gasteiger partial charge is 0.369 e. The van der Waals surface area contributed by atoms with Crippen molar-refractivity contribution >= 4 is 17.6 Å². The highest BCUT2D eigenvalue weighted by molar-refractivity contribution is 5.81. The van der Waals surface area contributed by atoms with Crippen LogP contribution in [0.25, 0.3) is 0 Å². The lowest BCUT2D eigenvalue weighted by molar-refractivity contribution is -0.136. The minimum atomic E-state index is -0.295. The van der Waals surface area contributed by atoms with Crippen molar-refractivity contribution in [3.63, 3.8) is 0 Å². The summed E-state index contributed by atoms with van der Waals surface area (Å²) >= 11 is 0. The minimum Gasteiger partial charge on any atom is -0.369 e. The Kier molecular flexibility index (Phi) is 5.30. The third-order valence-corrected chi connectivity index (χ3v) is 4.88. The molecule has 0 bridgehead atoms. The number of nitrogens with two attached hydrogens (primary N) is 1. The number of hydrogen-bond acceptors (Lipinski definition) is 5. The summed E-state index contributed by atoms with van der Waals surface area (Å²) in [5.74, 6) is 0.608. The van der Waals surface area contributed by atoms with Crippen LogP contribution in [0.4, 0.5) is 5.82 Å². The van der Waals surface area contributed by atoms with E-state index in [2.05, 4.69) is 14.8 Å². The van der Waals surface area contributed by atoms with Crippen molar-refractivity contribution in [3.05, 3.63) is 24.4 Å². The summed E-state index contributed by atoms with van der Waals surface area (Å²) < 4.78 is 0. The highest BCUT2D eigenvalue weighted by atomic mass is 16.2. The zero-order chi connectivity index (χ0) is 16.9. The number of piperazine rings is 1. The molecule has 0 aromatic carbocycles. The van der Waals surface area contributed by atoms with Crippen LogP contribution in [0.5, 0.6) is 0 Å². The Bertz CT molecular complexity index is 572.